The molecule has 0 saturated carbocycles. The molecule has 0 bridgehead atoms. The van der Waals surface area contributed by atoms with E-state index in [9.17, 15) is 21.6 Å². The molecule has 1 saturated heterocycles. The largest absolute Gasteiger partial charge is 0.516 e. The fourth-order valence-electron chi connectivity index (χ4n) is 5.54. The molecule has 5 rings (SSSR count). The molecule has 2 aromatic rings. The van der Waals surface area contributed by atoms with Crippen LogP contribution in [0.2, 0.25) is 0 Å². The highest BCUT2D eigenvalue weighted by molar-refractivity contribution is 7.90. The molecule has 32 heavy (non-hydrogen) atoms. The summed E-state index contributed by atoms with van der Waals surface area (Å²) in [7, 11) is -0.685. The SMILES string of the molecule is COc1cc2c(cc1OC)[C@@H]1N(C)c3ccccc3[C@@]13CCN(S(=O)(=O)C(F)(F)F)C3=C2. The summed E-state index contributed by atoms with van der Waals surface area (Å²) in [4.78, 5) is 2.01. The van der Waals surface area contributed by atoms with Crippen molar-refractivity contribution in [2.24, 2.45) is 0 Å². The number of rotatable bonds is 3. The van der Waals surface area contributed by atoms with Crippen molar-refractivity contribution in [3.63, 3.8) is 0 Å². The lowest BCUT2D eigenvalue weighted by molar-refractivity contribution is -0.0477. The molecule has 2 atom stereocenters. The van der Waals surface area contributed by atoms with Crippen molar-refractivity contribution >= 4 is 21.8 Å². The first kappa shape index (κ1) is 21.0. The number of para-hydroxylation sites is 1. The zero-order valence-corrected chi connectivity index (χ0v) is 18.4. The van der Waals surface area contributed by atoms with Crippen LogP contribution in [0.4, 0.5) is 18.9 Å². The lowest BCUT2D eigenvalue weighted by Crippen LogP contribution is -2.43. The summed E-state index contributed by atoms with van der Waals surface area (Å²) in [5.74, 6) is 0.914. The highest BCUT2D eigenvalue weighted by Crippen LogP contribution is 2.64. The van der Waals surface area contributed by atoms with Crippen LogP contribution in [0.15, 0.2) is 42.1 Å². The molecule has 0 aromatic heterocycles. The third kappa shape index (κ3) is 2.44. The van der Waals surface area contributed by atoms with Gasteiger partial charge in [0.15, 0.2) is 11.5 Å². The van der Waals surface area contributed by atoms with Gasteiger partial charge in [-0.2, -0.15) is 21.6 Å². The average molecular weight is 466 g/mol. The predicted octanol–water partition coefficient (Wildman–Crippen LogP) is 4.04. The first-order chi connectivity index (χ1) is 15.1. The maximum atomic E-state index is 13.6. The van der Waals surface area contributed by atoms with Gasteiger partial charge < -0.3 is 14.4 Å². The van der Waals surface area contributed by atoms with Gasteiger partial charge in [0.05, 0.1) is 25.7 Å². The van der Waals surface area contributed by atoms with Crippen molar-refractivity contribution in [2.45, 2.75) is 23.4 Å². The van der Waals surface area contributed by atoms with Crippen LogP contribution in [-0.4, -0.2) is 46.0 Å². The molecule has 1 spiro atoms. The van der Waals surface area contributed by atoms with E-state index in [2.05, 4.69) is 0 Å². The first-order valence-corrected chi connectivity index (χ1v) is 11.4. The Hall–Kier alpha value is -2.88. The fourth-order valence-corrected chi connectivity index (χ4v) is 6.60. The molecule has 10 heteroatoms. The maximum Gasteiger partial charge on any atom is 0.516 e. The topological polar surface area (TPSA) is 59.1 Å². The number of anilines is 1. The minimum Gasteiger partial charge on any atom is -0.493 e. The van der Waals surface area contributed by atoms with Gasteiger partial charge in [-0.1, -0.05) is 18.2 Å². The summed E-state index contributed by atoms with van der Waals surface area (Å²) >= 11 is 0. The molecule has 170 valence electrons. The van der Waals surface area contributed by atoms with Crippen LogP contribution in [0.3, 0.4) is 0 Å². The molecule has 1 fully saturated rings. The lowest BCUT2D eigenvalue weighted by atomic mass is 9.67. The number of halogens is 3. The molecular weight excluding hydrogens is 445 g/mol. The zero-order chi connectivity index (χ0) is 23.1. The Morgan fingerprint density at radius 3 is 2.41 bits per heavy atom. The predicted molar refractivity (Wildman–Crippen MR) is 113 cm³/mol. The second kappa shape index (κ2) is 6.57. The van der Waals surface area contributed by atoms with E-state index >= 15 is 0 Å². The Bertz CT molecular complexity index is 1260. The Morgan fingerprint density at radius 2 is 1.75 bits per heavy atom. The molecule has 2 heterocycles. The van der Waals surface area contributed by atoms with Crippen molar-refractivity contribution in [3.05, 3.63) is 58.8 Å². The Morgan fingerprint density at radius 1 is 1.09 bits per heavy atom. The van der Waals surface area contributed by atoms with Gasteiger partial charge in [0.25, 0.3) is 0 Å². The standard InChI is InChI=1S/C22H21F3N2O4S/c1-26-16-7-5-4-6-15(16)21-8-9-27(32(28,29)22(23,24)25)19(21)11-13-10-17(30-2)18(31-3)12-14(13)20(21)26/h4-7,10-12,20H,8-9H2,1-3H3/t20-,21+/m0/s1. The van der Waals surface area contributed by atoms with Crippen LogP contribution < -0.4 is 14.4 Å². The number of ether oxygens (including phenoxy) is 2. The number of hydrogen-bond acceptors (Lipinski definition) is 5. The smallest absolute Gasteiger partial charge is 0.493 e. The fraction of sp³-hybridized carbons (Fsp3) is 0.364. The molecule has 0 radical (unpaired) electrons. The van der Waals surface area contributed by atoms with E-state index in [1.54, 1.807) is 12.1 Å². The Labute approximate surface area is 183 Å². The second-order valence-electron chi connectivity index (χ2n) is 8.14. The average Bonchev–Trinajstić information content (AvgIpc) is 3.26. The molecule has 1 aliphatic carbocycles. The highest BCUT2D eigenvalue weighted by atomic mass is 32.2. The van der Waals surface area contributed by atoms with Crippen LogP contribution in [0.1, 0.15) is 29.2 Å². The molecule has 2 aromatic carbocycles. The number of alkyl halides is 3. The summed E-state index contributed by atoms with van der Waals surface area (Å²) in [6.07, 6.45) is 1.79. The van der Waals surface area contributed by atoms with E-state index in [1.807, 2.05) is 42.3 Å². The minimum absolute atomic E-state index is 0.136. The molecule has 6 nitrogen and oxygen atoms in total. The van der Waals surface area contributed by atoms with E-state index in [1.165, 1.54) is 14.2 Å². The van der Waals surface area contributed by atoms with E-state index in [0.717, 1.165) is 16.8 Å². The summed E-state index contributed by atoms with van der Waals surface area (Å²) in [5, 5.41) is 0. The van der Waals surface area contributed by atoms with E-state index in [-0.39, 0.29) is 18.7 Å². The second-order valence-corrected chi connectivity index (χ2v) is 9.99. The van der Waals surface area contributed by atoms with E-state index < -0.39 is 27.0 Å². The van der Waals surface area contributed by atoms with Gasteiger partial charge in [0.2, 0.25) is 0 Å². The summed E-state index contributed by atoms with van der Waals surface area (Å²) in [5.41, 5.74) is -3.07. The van der Waals surface area contributed by atoms with Crippen LogP contribution in [-0.2, 0) is 15.4 Å². The van der Waals surface area contributed by atoms with E-state index in [4.69, 9.17) is 9.47 Å². The molecule has 0 amide bonds. The van der Waals surface area contributed by atoms with Crippen LogP contribution >= 0.6 is 0 Å². The molecular formula is C22H21F3N2O4S. The summed E-state index contributed by atoms with van der Waals surface area (Å²) < 4.78 is 77.1. The van der Waals surface area contributed by atoms with Crippen LogP contribution in [0.5, 0.6) is 11.5 Å². The lowest BCUT2D eigenvalue weighted by Gasteiger charge is -2.41. The zero-order valence-electron chi connectivity index (χ0n) is 17.6. The summed E-state index contributed by atoms with van der Waals surface area (Å²) in [6.45, 7) is -0.255. The van der Waals surface area contributed by atoms with Gasteiger partial charge in [-0.05, 0) is 47.4 Å². The number of hydrogen-bond donors (Lipinski definition) is 0. The highest BCUT2D eigenvalue weighted by Gasteiger charge is 2.63. The number of nitrogens with zero attached hydrogens (tertiary/aromatic N) is 2. The molecule has 0 unspecified atom stereocenters. The number of likely N-dealkylation sites (N-methyl/N-ethyl adjacent to an activating group) is 1. The normalized spacial score (nSPS) is 23.8. The molecule has 0 N–H and O–H groups in total. The van der Waals surface area contributed by atoms with Crippen LogP contribution in [0.25, 0.3) is 6.08 Å². The van der Waals surface area contributed by atoms with Gasteiger partial charge >= 0.3 is 15.5 Å². The third-order valence-electron chi connectivity index (χ3n) is 6.81. The van der Waals surface area contributed by atoms with Gasteiger partial charge in [0.1, 0.15) is 0 Å². The quantitative estimate of drug-likeness (QED) is 0.684. The van der Waals surface area contributed by atoms with E-state index in [0.29, 0.717) is 21.4 Å². The summed E-state index contributed by atoms with van der Waals surface area (Å²) in [6, 6.07) is 10.6. The number of benzene rings is 2. The number of methoxy groups -OCH3 is 2. The Kier molecular flexibility index (Phi) is 4.31. The van der Waals surface area contributed by atoms with Crippen molar-refractivity contribution in [3.8, 4) is 11.5 Å². The molecule has 2 aliphatic heterocycles. The maximum absolute atomic E-state index is 13.6. The number of fused-ring (bicyclic) bond motifs is 3. The van der Waals surface area contributed by atoms with Gasteiger partial charge in [-0.3, -0.25) is 4.31 Å². The van der Waals surface area contributed by atoms with Gasteiger partial charge in [-0.15, -0.1) is 0 Å². The minimum atomic E-state index is -5.55. The number of sulfonamides is 1. The monoisotopic (exact) mass is 466 g/mol. The van der Waals surface area contributed by atoms with Crippen molar-refractivity contribution < 1.29 is 31.1 Å². The molecule has 3 aliphatic rings. The van der Waals surface area contributed by atoms with Crippen LogP contribution in [0, 0.1) is 0 Å². The van der Waals surface area contributed by atoms with Crippen molar-refractivity contribution in [1.82, 2.24) is 4.31 Å². The van der Waals surface area contributed by atoms with Gasteiger partial charge in [-0.25, -0.2) is 0 Å². The van der Waals surface area contributed by atoms with Crippen molar-refractivity contribution in [1.29, 1.82) is 0 Å². The Balaban J connectivity index is 1.83. The van der Waals surface area contributed by atoms with Crippen molar-refractivity contribution in [2.75, 3.05) is 32.7 Å². The third-order valence-corrected chi connectivity index (χ3v) is 8.36. The first-order valence-electron chi connectivity index (χ1n) is 9.97. The van der Waals surface area contributed by atoms with Gasteiger partial charge in [0, 0.05) is 25.0 Å².